The lowest BCUT2D eigenvalue weighted by molar-refractivity contribution is 0.0533. The van der Waals surface area contributed by atoms with Gasteiger partial charge < -0.3 is 10.5 Å². The van der Waals surface area contributed by atoms with Crippen LogP contribution in [-0.4, -0.2) is 22.0 Å². The molecule has 0 radical (unpaired) electrons. The summed E-state index contributed by atoms with van der Waals surface area (Å²) in [6, 6.07) is 10.8. The van der Waals surface area contributed by atoms with E-state index in [0.717, 1.165) is 15.7 Å². The van der Waals surface area contributed by atoms with E-state index in [1.54, 1.807) is 31.2 Å². The Morgan fingerprint density at radius 2 is 2.12 bits per heavy atom. The predicted octanol–water partition coefficient (Wildman–Crippen LogP) is 2.05. The van der Waals surface area contributed by atoms with Gasteiger partial charge in [0.2, 0.25) is 0 Å². The number of ether oxygens (including phenoxy) is 1. The van der Waals surface area contributed by atoms with Gasteiger partial charge in [0.1, 0.15) is 17.5 Å². The van der Waals surface area contributed by atoms with Gasteiger partial charge in [0, 0.05) is 5.56 Å². The van der Waals surface area contributed by atoms with Gasteiger partial charge >= 0.3 is 5.97 Å². The number of carbonyl (C=O) groups is 1. The van der Waals surface area contributed by atoms with Crippen LogP contribution in [0.25, 0.3) is 16.2 Å². The SMILES string of the molecule is CCOC(=O)c1sc2nc(-c3ccccc3)c(C#N)c(=O)n2c1N. The van der Waals surface area contributed by atoms with Gasteiger partial charge in [-0.25, -0.2) is 14.2 Å². The molecular weight excluding hydrogens is 328 g/mol. The van der Waals surface area contributed by atoms with Crippen LogP contribution >= 0.6 is 11.3 Å². The van der Waals surface area contributed by atoms with E-state index in [1.165, 1.54) is 0 Å². The summed E-state index contributed by atoms with van der Waals surface area (Å²) in [5.41, 5.74) is 6.08. The maximum atomic E-state index is 12.6. The number of hydrogen-bond donors (Lipinski definition) is 1. The van der Waals surface area contributed by atoms with Crippen molar-refractivity contribution in [3.05, 3.63) is 51.1 Å². The zero-order valence-electron chi connectivity index (χ0n) is 12.6. The Morgan fingerprint density at radius 3 is 2.75 bits per heavy atom. The minimum absolute atomic E-state index is 0.0675. The Bertz CT molecular complexity index is 1030. The van der Waals surface area contributed by atoms with Gasteiger partial charge in [0.15, 0.2) is 9.84 Å². The Labute approximate surface area is 140 Å². The summed E-state index contributed by atoms with van der Waals surface area (Å²) in [4.78, 5) is 29.3. The van der Waals surface area contributed by atoms with E-state index < -0.39 is 11.5 Å². The first-order valence-electron chi connectivity index (χ1n) is 7.06. The first kappa shape index (κ1) is 15.7. The largest absolute Gasteiger partial charge is 0.462 e. The Hall–Kier alpha value is -3.18. The van der Waals surface area contributed by atoms with E-state index in [2.05, 4.69) is 4.98 Å². The topological polar surface area (TPSA) is 110 Å². The van der Waals surface area contributed by atoms with Crippen LogP contribution in [-0.2, 0) is 4.74 Å². The number of carbonyl (C=O) groups excluding carboxylic acids is 1. The zero-order chi connectivity index (χ0) is 17.3. The van der Waals surface area contributed by atoms with Crippen molar-refractivity contribution in [2.75, 3.05) is 12.3 Å². The number of nitriles is 1. The minimum Gasteiger partial charge on any atom is -0.462 e. The molecular formula is C16H12N4O3S. The quantitative estimate of drug-likeness (QED) is 0.731. The highest BCUT2D eigenvalue weighted by molar-refractivity contribution is 7.19. The molecule has 0 bridgehead atoms. The van der Waals surface area contributed by atoms with Crippen molar-refractivity contribution >= 4 is 28.1 Å². The van der Waals surface area contributed by atoms with Crippen LogP contribution in [0.3, 0.4) is 0 Å². The van der Waals surface area contributed by atoms with Crippen molar-refractivity contribution in [3.63, 3.8) is 0 Å². The molecule has 0 saturated carbocycles. The lowest BCUT2D eigenvalue weighted by Gasteiger charge is -2.04. The van der Waals surface area contributed by atoms with Crippen molar-refractivity contribution in [2.45, 2.75) is 6.92 Å². The number of hydrogen-bond acceptors (Lipinski definition) is 7. The van der Waals surface area contributed by atoms with Crippen LogP contribution in [0.4, 0.5) is 5.82 Å². The molecule has 2 heterocycles. The molecule has 0 aliphatic carbocycles. The van der Waals surface area contributed by atoms with Gasteiger partial charge in [-0.15, -0.1) is 0 Å². The van der Waals surface area contributed by atoms with Gasteiger partial charge in [0.25, 0.3) is 5.56 Å². The third kappa shape index (κ3) is 2.41. The molecule has 2 N–H and O–H groups in total. The van der Waals surface area contributed by atoms with Crippen LogP contribution in [0.1, 0.15) is 22.2 Å². The number of rotatable bonds is 3. The van der Waals surface area contributed by atoms with Gasteiger partial charge in [-0.3, -0.25) is 4.79 Å². The fraction of sp³-hybridized carbons (Fsp3) is 0.125. The molecule has 1 aromatic carbocycles. The molecule has 0 saturated heterocycles. The highest BCUT2D eigenvalue weighted by Gasteiger charge is 2.23. The molecule has 0 aliphatic heterocycles. The third-order valence-electron chi connectivity index (χ3n) is 3.34. The normalized spacial score (nSPS) is 10.5. The maximum absolute atomic E-state index is 12.6. The molecule has 3 aromatic rings. The first-order valence-corrected chi connectivity index (χ1v) is 7.87. The van der Waals surface area contributed by atoms with E-state index in [9.17, 15) is 14.9 Å². The summed E-state index contributed by atoms with van der Waals surface area (Å²) in [7, 11) is 0. The van der Waals surface area contributed by atoms with E-state index in [-0.39, 0.29) is 33.5 Å². The molecule has 0 amide bonds. The molecule has 8 heteroatoms. The standard InChI is InChI=1S/C16H12N4O3S/c1-2-23-15(22)12-13(18)20-14(21)10(8-17)11(19-16(20)24-12)9-6-4-3-5-7-9/h3-7H,2,18H2,1H3. The summed E-state index contributed by atoms with van der Waals surface area (Å²) < 4.78 is 6.00. The van der Waals surface area contributed by atoms with Crippen LogP contribution < -0.4 is 11.3 Å². The fourth-order valence-electron chi connectivity index (χ4n) is 2.28. The van der Waals surface area contributed by atoms with Crippen molar-refractivity contribution < 1.29 is 9.53 Å². The summed E-state index contributed by atoms with van der Waals surface area (Å²) in [6.45, 7) is 1.86. The molecule has 0 aliphatic rings. The second-order valence-corrected chi connectivity index (χ2v) is 5.75. The Kier molecular flexibility index (Phi) is 4.02. The highest BCUT2D eigenvalue weighted by Crippen LogP contribution is 2.27. The summed E-state index contributed by atoms with van der Waals surface area (Å²) in [6.07, 6.45) is 0. The van der Waals surface area contributed by atoms with E-state index in [4.69, 9.17) is 10.5 Å². The van der Waals surface area contributed by atoms with Crippen molar-refractivity contribution in [2.24, 2.45) is 0 Å². The van der Waals surface area contributed by atoms with Crippen molar-refractivity contribution in [1.82, 2.24) is 9.38 Å². The molecule has 24 heavy (non-hydrogen) atoms. The zero-order valence-corrected chi connectivity index (χ0v) is 13.5. The number of fused-ring (bicyclic) bond motifs is 1. The number of esters is 1. The second kappa shape index (κ2) is 6.14. The Balaban J connectivity index is 2.33. The van der Waals surface area contributed by atoms with Gasteiger partial charge in [0.05, 0.1) is 12.3 Å². The lowest BCUT2D eigenvalue weighted by Crippen LogP contribution is -2.20. The summed E-state index contributed by atoms with van der Waals surface area (Å²) in [5.74, 6) is -0.688. The van der Waals surface area contributed by atoms with Crippen LogP contribution in [0, 0.1) is 11.3 Å². The molecule has 120 valence electrons. The molecule has 2 aromatic heterocycles. The van der Waals surface area contributed by atoms with Gasteiger partial charge in [-0.05, 0) is 6.92 Å². The number of aromatic nitrogens is 2. The molecule has 0 spiro atoms. The average molecular weight is 340 g/mol. The van der Waals surface area contributed by atoms with Crippen LogP contribution in [0.15, 0.2) is 35.1 Å². The molecule has 0 atom stereocenters. The molecule has 0 unspecified atom stereocenters. The predicted molar refractivity (Wildman–Crippen MR) is 89.9 cm³/mol. The number of thiazole rings is 1. The molecule has 3 rings (SSSR count). The average Bonchev–Trinajstić information content (AvgIpc) is 2.93. The smallest absolute Gasteiger partial charge is 0.352 e. The lowest BCUT2D eigenvalue weighted by atomic mass is 10.1. The summed E-state index contributed by atoms with van der Waals surface area (Å²) in [5, 5.41) is 9.38. The Morgan fingerprint density at radius 1 is 1.42 bits per heavy atom. The minimum atomic E-state index is -0.621. The summed E-state index contributed by atoms with van der Waals surface area (Å²) >= 11 is 0.957. The molecule has 0 fully saturated rings. The second-order valence-electron chi connectivity index (χ2n) is 4.77. The number of nitrogens with zero attached hydrogens (tertiary/aromatic N) is 3. The first-order chi connectivity index (χ1) is 11.6. The van der Waals surface area contributed by atoms with Crippen LogP contribution in [0.5, 0.6) is 0 Å². The fourth-order valence-corrected chi connectivity index (χ4v) is 3.21. The maximum Gasteiger partial charge on any atom is 0.352 e. The van der Waals surface area contributed by atoms with Gasteiger partial charge in [-0.2, -0.15) is 5.26 Å². The number of nitrogens with two attached hydrogens (primary N) is 1. The number of benzene rings is 1. The van der Waals surface area contributed by atoms with Gasteiger partial charge in [-0.1, -0.05) is 41.7 Å². The number of nitrogen functional groups attached to an aromatic ring is 1. The number of anilines is 1. The monoisotopic (exact) mass is 340 g/mol. The van der Waals surface area contributed by atoms with E-state index in [0.29, 0.717) is 5.56 Å². The molecule has 7 nitrogen and oxygen atoms in total. The van der Waals surface area contributed by atoms with Crippen molar-refractivity contribution in [1.29, 1.82) is 5.26 Å². The third-order valence-corrected chi connectivity index (χ3v) is 4.38. The van der Waals surface area contributed by atoms with Crippen LogP contribution in [0.2, 0.25) is 0 Å². The highest BCUT2D eigenvalue weighted by atomic mass is 32.1. The van der Waals surface area contributed by atoms with E-state index >= 15 is 0 Å². The van der Waals surface area contributed by atoms with Crippen molar-refractivity contribution in [3.8, 4) is 17.3 Å². The van der Waals surface area contributed by atoms with E-state index in [1.807, 2.05) is 12.1 Å².